The number of piperazine rings is 1. The number of hydrogen-bond acceptors (Lipinski definition) is 4. The standard InChI is InChI=1S/C12H19ClN2O3S/c1-3-10-9-15(7-6-14(10)2)19(16,17)12-5-4-11(8-13)18-12/h4-5,10H,3,6-9H2,1-2H3. The van der Waals surface area contributed by atoms with Crippen LogP contribution in [-0.4, -0.2) is 50.3 Å². The van der Waals surface area contributed by atoms with E-state index in [0.29, 0.717) is 18.8 Å². The molecule has 0 amide bonds. The third kappa shape index (κ3) is 2.97. The lowest BCUT2D eigenvalue weighted by atomic mass is 10.1. The van der Waals surface area contributed by atoms with Crippen molar-refractivity contribution in [1.29, 1.82) is 0 Å². The van der Waals surface area contributed by atoms with Crippen molar-refractivity contribution in [3.8, 4) is 0 Å². The number of alkyl halides is 1. The molecule has 19 heavy (non-hydrogen) atoms. The summed E-state index contributed by atoms with van der Waals surface area (Å²) in [6.45, 7) is 3.80. The number of nitrogens with zero attached hydrogens (tertiary/aromatic N) is 2. The van der Waals surface area contributed by atoms with Crippen LogP contribution in [0.15, 0.2) is 21.6 Å². The fourth-order valence-corrected chi connectivity index (χ4v) is 3.81. The molecule has 2 heterocycles. The molecule has 0 saturated carbocycles. The molecular weight excluding hydrogens is 288 g/mol. The van der Waals surface area contributed by atoms with E-state index in [4.69, 9.17) is 16.0 Å². The SMILES string of the molecule is CCC1CN(S(=O)(=O)c2ccc(CCl)o2)CCN1C. The summed E-state index contributed by atoms with van der Waals surface area (Å²) in [7, 11) is -1.51. The van der Waals surface area contributed by atoms with E-state index in [9.17, 15) is 8.42 Å². The van der Waals surface area contributed by atoms with Crippen molar-refractivity contribution in [1.82, 2.24) is 9.21 Å². The lowest BCUT2D eigenvalue weighted by molar-refractivity contribution is 0.142. The van der Waals surface area contributed by atoms with Crippen molar-refractivity contribution in [3.63, 3.8) is 0 Å². The van der Waals surface area contributed by atoms with Gasteiger partial charge in [0, 0.05) is 25.7 Å². The molecule has 0 aromatic carbocycles. The molecule has 0 spiro atoms. The van der Waals surface area contributed by atoms with E-state index in [-0.39, 0.29) is 17.0 Å². The number of hydrogen-bond donors (Lipinski definition) is 0. The Morgan fingerprint density at radius 3 is 2.74 bits per heavy atom. The summed E-state index contributed by atoms with van der Waals surface area (Å²) in [5.74, 6) is 0.650. The minimum absolute atomic E-state index is 0.0115. The summed E-state index contributed by atoms with van der Waals surface area (Å²) >= 11 is 5.63. The van der Waals surface area contributed by atoms with Gasteiger partial charge in [0.05, 0.1) is 5.88 Å². The van der Waals surface area contributed by atoms with E-state index in [2.05, 4.69) is 11.8 Å². The van der Waals surface area contributed by atoms with E-state index in [1.807, 2.05) is 7.05 Å². The van der Waals surface area contributed by atoms with Gasteiger partial charge in [-0.05, 0) is 25.6 Å². The smallest absolute Gasteiger partial charge is 0.276 e. The Hall–Kier alpha value is -0.560. The largest absolute Gasteiger partial charge is 0.447 e. The highest BCUT2D eigenvalue weighted by Crippen LogP contribution is 2.23. The molecule has 1 atom stereocenters. The predicted molar refractivity (Wildman–Crippen MR) is 73.7 cm³/mol. The summed E-state index contributed by atoms with van der Waals surface area (Å²) in [5.41, 5.74) is 0. The molecule has 1 saturated heterocycles. The normalized spacial score (nSPS) is 22.8. The highest BCUT2D eigenvalue weighted by molar-refractivity contribution is 7.89. The van der Waals surface area contributed by atoms with E-state index in [1.165, 1.54) is 10.4 Å². The molecule has 1 aromatic rings. The van der Waals surface area contributed by atoms with Gasteiger partial charge in [0.25, 0.3) is 10.0 Å². The monoisotopic (exact) mass is 306 g/mol. The van der Waals surface area contributed by atoms with Gasteiger partial charge in [-0.25, -0.2) is 8.42 Å². The maximum absolute atomic E-state index is 12.5. The fourth-order valence-electron chi connectivity index (χ4n) is 2.27. The highest BCUT2D eigenvalue weighted by Gasteiger charge is 2.33. The van der Waals surface area contributed by atoms with E-state index < -0.39 is 10.0 Å². The zero-order valence-corrected chi connectivity index (χ0v) is 12.7. The lowest BCUT2D eigenvalue weighted by Gasteiger charge is -2.37. The maximum Gasteiger partial charge on any atom is 0.276 e. The van der Waals surface area contributed by atoms with Crippen LogP contribution in [-0.2, 0) is 15.9 Å². The Bertz CT molecular complexity index is 529. The zero-order chi connectivity index (χ0) is 14.0. The molecule has 2 rings (SSSR count). The molecule has 1 unspecified atom stereocenters. The summed E-state index contributed by atoms with van der Waals surface area (Å²) in [6.07, 6.45) is 0.924. The van der Waals surface area contributed by atoms with Crippen LogP contribution in [0.4, 0.5) is 0 Å². The van der Waals surface area contributed by atoms with Crippen LogP contribution in [0.3, 0.4) is 0 Å². The maximum atomic E-state index is 12.5. The van der Waals surface area contributed by atoms with Crippen LogP contribution in [0.2, 0.25) is 0 Å². The number of likely N-dealkylation sites (N-methyl/N-ethyl adjacent to an activating group) is 1. The van der Waals surface area contributed by atoms with Gasteiger partial charge in [-0.1, -0.05) is 6.92 Å². The first kappa shape index (κ1) is 14.8. The molecular formula is C12H19ClN2O3S. The molecule has 1 fully saturated rings. The first-order chi connectivity index (χ1) is 8.98. The molecule has 1 aromatic heterocycles. The Balaban J connectivity index is 2.20. The molecule has 5 nitrogen and oxygen atoms in total. The van der Waals surface area contributed by atoms with Gasteiger partial charge in [0.1, 0.15) is 5.76 Å². The van der Waals surface area contributed by atoms with Gasteiger partial charge < -0.3 is 9.32 Å². The average molecular weight is 307 g/mol. The number of halogens is 1. The first-order valence-electron chi connectivity index (χ1n) is 6.34. The average Bonchev–Trinajstić information content (AvgIpc) is 2.88. The van der Waals surface area contributed by atoms with Crippen molar-refractivity contribution in [3.05, 3.63) is 17.9 Å². The lowest BCUT2D eigenvalue weighted by Crippen LogP contribution is -2.52. The quantitative estimate of drug-likeness (QED) is 0.795. The Morgan fingerprint density at radius 2 is 2.16 bits per heavy atom. The van der Waals surface area contributed by atoms with E-state index in [0.717, 1.165) is 13.0 Å². The molecule has 1 aliphatic heterocycles. The van der Waals surface area contributed by atoms with Crippen molar-refractivity contribution in [2.45, 2.75) is 30.4 Å². The number of furan rings is 1. The van der Waals surface area contributed by atoms with Crippen molar-refractivity contribution >= 4 is 21.6 Å². The van der Waals surface area contributed by atoms with Gasteiger partial charge in [0.2, 0.25) is 5.09 Å². The fraction of sp³-hybridized carbons (Fsp3) is 0.667. The van der Waals surface area contributed by atoms with Crippen LogP contribution >= 0.6 is 11.6 Å². The van der Waals surface area contributed by atoms with Crippen LogP contribution < -0.4 is 0 Å². The second-order valence-electron chi connectivity index (χ2n) is 4.76. The molecule has 0 N–H and O–H groups in total. The minimum atomic E-state index is -3.54. The summed E-state index contributed by atoms with van der Waals surface area (Å²) < 4.78 is 31.7. The van der Waals surface area contributed by atoms with Crippen LogP contribution in [0, 0.1) is 0 Å². The summed E-state index contributed by atoms with van der Waals surface area (Å²) in [6, 6.07) is 3.34. The van der Waals surface area contributed by atoms with Crippen molar-refractivity contribution in [2.75, 3.05) is 26.7 Å². The van der Waals surface area contributed by atoms with Gasteiger partial charge >= 0.3 is 0 Å². The number of rotatable bonds is 4. The Labute approximate surface area is 119 Å². The topological polar surface area (TPSA) is 53.8 Å². The third-order valence-corrected chi connectivity index (χ3v) is 5.58. The van der Waals surface area contributed by atoms with Crippen LogP contribution in [0.5, 0.6) is 0 Å². The molecule has 0 radical (unpaired) electrons. The summed E-state index contributed by atoms with van der Waals surface area (Å²) in [5, 5.41) is -0.0115. The van der Waals surface area contributed by atoms with Crippen LogP contribution in [0.25, 0.3) is 0 Å². The highest BCUT2D eigenvalue weighted by atomic mass is 35.5. The third-order valence-electron chi connectivity index (χ3n) is 3.57. The molecule has 0 aliphatic carbocycles. The van der Waals surface area contributed by atoms with Gasteiger partial charge in [-0.2, -0.15) is 4.31 Å². The van der Waals surface area contributed by atoms with E-state index in [1.54, 1.807) is 6.07 Å². The first-order valence-corrected chi connectivity index (χ1v) is 8.31. The second kappa shape index (κ2) is 5.83. The molecule has 0 bridgehead atoms. The Kier molecular flexibility index (Phi) is 4.55. The number of sulfonamides is 1. The Morgan fingerprint density at radius 1 is 1.42 bits per heavy atom. The predicted octanol–water partition coefficient (Wildman–Crippen LogP) is 1.73. The van der Waals surface area contributed by atoms with Gasteiger partial charge in [-0.3, -0.25) is 0 Å². The molecule has 1 aliphatic rings. The minimum Gasteiger partial charge on any atom is -0.447 e. The molecule has 108 valence electrons. The van der Waals surface area contributed by atoms with Crippen molar-refractivity contribution in [2.24, 2.45) is 0 Å². The van der Waals surface area contributed by atoms with Crippen molar-refractivity contribution < 1.29 is 12.8 Å². The van der Waals surface area contributed by atoms with E-state index >= 15 is 0 Å². The van der Waals surface area contributed by atoms with Gasteiger partial charge in [0.15, 0.2) is 0 Å². The molecule has 7 heteroatoms. The second-order valence-corrected chi connectivity index (χ2v) is 6.90. The van der Waals surface area contributed by atoms with Crippen LogP contribution in [0.1, 0.15) is 19.1 Å². The zero-order valence-electron chi connectivity index (χ0n) is 11.2. The summed E-state index contributed by atoms with van der Waals surface area (Å²) in [4.78, 5) is 2.19. The van der Waals surface area contributed by atoms with Gasteiger partial charge in [-0.15, -0.1) is 11.6 Å².